The number of imide groups is 1. The molecule has 4 fully saturated rings. The Morgan fingerprint density at radius 2 is 1.77 bits per heavy atom. The highest BCUT2D eigenvalue weighted by molar-refractivity contribution is 5.95. The van der Waals surface area contributed by atoms with Crippen molar-refractivity contribution >= 4 is 18.2 Å². The van der Waals surface area contributed by atoms with Gasteiger partial charge >= 0.3 is 6.03 Å². The van der Waals surface area contributed by atoms with E-state index in [0.29, 0.717) is 42.0 Å². The Morgan fingerprint density at radius 1 is 1.10 bits per heavy atom. The molecule has 0 aliphatic heterocycles. The summed E-state index contributed by atoms with van der Waals surface area (Å²) in [6.07, 6.45) is 8.43. The molecule has 0 radical (unpaired) electrons. The number of ether oxygens (including phenoxy) is 2. The molecule has 4 saturated carbocycles. The minimum Gasteiger partial charge on any atom is -0.493 e. The zero-order valence-corrected chi connectivity index (χ0v) is 17.4. The first kappa shape index (κ1) is 20.7. The highest BCUT2D eigenvalue weighted by Crippen LogP contribution is 2.55. The molecule has 4 bridgehead atoms. The van der Waals surface area contributed by atoms with Gasteiger partial charge in [-0.25, -0.2) is 4.79 Å². The molecule has 0 saturated heterocycles. The van der Waals surface area contributed by atoms with Crippen LogP contribution in [0.4, 0.5) is 4.79 Å². The van der Waals surface area contributed by atoms with Gasteiger partial charge in [-0.05, 0) is 74.8 Å². The molecule has 4 aliphatic carbocycles. The van der Waals surface area contributed by atoms with Crippen LogP contribution in [0.3, 0.4) is 0 Å². The maximum Gasteiger partial charge on any atom is 0.321 e. The molecule has 0 heterocycles. The topological polar surface area (TPSA) is 93.7 Å². The molecule has 7 heteroatoms. The third-order valence-electron chi connectivity index (χ3n) is 6.61. The first-order valence-corrected chi connectivity index (χ1v) is 11.0. The highest BCUT2D eigenvalue weighted by Gasteiger charge is 2.51. The molecule has 0 unspecified atom stereocenters. The Labute approximate surface area is 176 Å². The van der Waals surface area contributed by atoms with Gasteiger partial charge in [0.2, 0.25) is 0 Å². The average Bonchev–Trinajstić information content (AvgIpc) is 2.69. The standard InChI is InChI=1S/C23H30N2O5/c1-2-5-29-19-4-3-18(13-26)20(9-19)30-14-21(27)24-22(28)25-23-10-15-6-16(11-23)8-17(7-15)12-23/h3-4,9,13,15-17H,2,5-8,10-12,14H2,1H3,(H2,24,25,27,28). The maximum atomic E-state index is 12.5. The second kappa shape index (κ2) is 8.66. The average molecular weight is 415 g/mol. The number of rotatable bonds is 8. The van der Waals surface area contributed by atoms with Crippen molar-refractivity contribution in [1.29, 1.82) is 0 Å². The minimum atomic E-state index is -0.547. The van der Waals surface area contributed by atoms with Crippen LogP contribution in [0.15, 0.2) is 18.2 Å². The Hall–Kier alpha value is -2.57. The Morgan fingerprint density at radius 3 is 2.37 bits per heavy atom. The molecule has 2 N–H and O–H groups in total. The molecule has 0 aromatic heterocycles. The summed E-state index contributed by atoms with van der Waals surface area (Å²) in [4.78, 5) is 36.0. The van der Waals surface area contributed by atoms with E-state index in [0.717, 1.165) is 25.7 Å². The minimum absolute atomic E-state index is 0.157. The Balaban J connectivity index is 1.30. The zero-order valence-electron chi connectivity index (χ0n) is 17.4. The van der Waals surface area contributed by atoms with E-state index in [4.69, 9.17) is 9.47 Å². The van der Waals surface area contributed by atoms with Crippen molar-refractivity contribution in [3.8, 4) is 11.5 Å². The number of carbonyl (C=O) groups is 3. The van der Waals surface area contributed by atoms with Crippen LogP contribution in [0.1, 0.15) is 62.2 Å². The molecular formula is C23H30N2O5. The highest BCUT2D eigenvalue weighted by atomic mass is 16.5. The molecule has 30 heavy (non-hydrogen) atoms. The van der Waals surface area contributed by atoms with Crippen molar-refractivity contribution in [2.45, 2.75) is 57.4 Å². The molecule has 1 aromatic rings. The first-order chi connectivity index (χ1) is 14.5. The summed E-state index contributed by atoms with van der Waals surface area (Å²) in [6.45, 7) is 2.19. The predicted molar refractivity (Wildman–Crippen MR) is 111 cm³/mol. The molecular weight excluding hydrogens is 384 g/mol. The quantitative estimate of drug-likeness (QED) is 0.636. The molecule has 7 nitrogen and oxygen atoms in total. The van der Waals surface area contributed by atoms with Crippen LogP contribution in [0.25, 0.3) is 0 Å². The fourth-order valence-corrected chi connectivity index (χ4v) is 5.89. The number of amides is 3. The molecule has 0 spiro atoms. The number of hydrogen-bond donors (Lipinski definition) is 2. The normalized spacial score (nSPS) is 28.6. The molecule has 3 amide bonds. The Bertz CT molecular complexity index is 787. The van der Waals surface area contributed by atoms with Crippen LogP contribution in [-0.2, 0) is 4.79 Å². The van der Waals surface area contributed by atoms with Gasteiger partial charge in [-0.3, -0.25) is 14.9 Å². The van der Waals surface area contributed by atoms with E-state index in [2.05, 4.69) is 10.6 Å². The summed E-state index contributed by atoms with van der Waals surface area (Å²) >= 11 is 0. The Kier molecular flexibility index (Phi) is 5.97. The molecule has 1 aromatic carbocycles. The molecule has 5 rings (SSSR count). The first-order valence-electron chi connectivity index (χ1n) is 11.0. The largest absolute Gasteiger partial charge is 0.493 e. The second-order valence-electron chi connectivity index (χ2n) is 9.15. The van der Waals surface area contributed by atoms with Crippen molar-refractivity contribution in [3.05, 3.63) is 23.8 Å². The summed E-state index contributed by atoms with van der Waals surface area (Å²) in [5.74, 6) is 2.40. The second-order valence-corrected chi connectivity index (χ2v) is 9.15. The van der Waals surface area contributed by atoms with Crippen molar-refractivity contribution in [1.82, 2.24) is 10.6 Å². The van der Waals surface area contributed by atoms with E-state index in [1.165, 1.54) is 19.3 Å². The van der Waals surface area contributed by atoms with Crippen molar-refractivity contribution < 1.29 is 23.9 Å². The predicted octanol–water partition coefficient (Wildman–Crippen LogP) is 3.46. The number of aldehydes is 1. The fraction of sp³-hybridized carbons (Fsp3) is 0.609. The van der Waals surface area contributed by atoms with Crippen molar-refractivity contribution in [3.63, 3.8) is 0 Å². The maximum absolute atomic E-state index is 12.5. The molecule has 162 valence electrons. The van der Waals surface area contributed by atoms with E-state index < -0.39 is 11.9 Å². The van der Waals surface area contributed by atoms with Crippen LogP contribution >= 0.6 is 0 Å². The summed E-state index contributed by atoms with van der Waals surface area (Å²) in [6, 6.07) is 4.40. The van der Waals surface area contributed by atoms with Gasteiger partial charge in [0.05, 0.1) is 12.2 Å². The van der Waals surface area contributed by atoms with Gasteiger partial charge in [0.1, 0.15) is 11.5 Å². The van der Waals surface area contributed by atoms with Gasteiger partial charge in [0.15, 0.2) is 12.9 Å². The van der Waals surface area contributed by atoms with Gasteiger partial charge in [-0.15, -0.1) is 0 Å². The van der Waals surface area contributed by atoms with Gasteiger partial charge in [-0.1, -0.05) is 6.92 Å². The zero-order chi connectivity index (χ0) is 21.1. The number of urea groups is 1. The lowest BCUT2D eigenvalue weighted by Gasteiger charge is -2.56. The lowest BCUT2D eigenvalue weighted by molar-refractivity contribution is -0.122. The number of carbonyl (C=O) groups excluding carboxylic acids is 3. The van der Waals surface area contributed by atoms with E-state index in [9.17, 15) is 14.4 Å². The van der Waals surface area contributed by atoms with Gasteiger partial charge in [0, 0.05) is 11.6 Å². The summed E-state index contributed by atoms with van der Waals surface area (Å²) < 4.78 is 11.0. The number of benzene rings is 1. The monoisotopic (exact) mass is 414 g/mol. The van der Waals surface area contributed by atoms with Crippen LogP contribution in [0.5, 0.6) is 11.5 Å². The fourth-order valence-electron chi connectivity index (χ4n) is 5.89. The van der Waals surface area contributed by atoms with Crippen LogP contribution < -0.4 is 20.1 Å². The van der Waals surface area contributed by atoms with Crippen molar-refractivity contribution in [2.75, 3.05) is 13.2 Å². The summed E-state index contributed by atoms with van der Waals surface area (Å²) in [7, 11) is 0. The van der Waals surface area contributed by atoms with E-state index in [-0.39, 0.29) is 17.9 Å². The summed E-state index contributed by atoms with van der Waals surface area (Å²) in [5, 5.41) is 5.48. The van der Waals surface area contributed by atoms with E-state index >= 15 is 0 Å². The van der Waals surface area contributed by atoms with Crippen LogP contribution in [0.2, 0.25) is 0 Å². The summed E-state index contributed by atoms with van der Waals surface area (Å²) in [5.41, 5.74) is 0.167. The van der Waals surface area contributed by atoms with Crippen LogP contribution in [-0.4, -0.2) is 37.0 Å². The smallest absolute Gasteiger partial charge is 0.321 e. The lowest BCUT2D eigenvalue weighted by Crippen LogP contribution is -2.62. The number of hydrogen-bond acceptors (Lipinski definition) is 5. The van der Waals surface area contributed by atoms with E-state index in [1.807, 2.05) is 6.92 Å². The lowest BCUT2D eigenvalue weighted by atomic mass is 9.53. The number of nitrogens with one attached hydrogen (secondary N) is 2. The van der Waals surface area contributed by atoms with E-state index in [1.54, 1.807) is 18.2 Å². The third-order valence-corrected chi connectivity index (χ3v) is 6.61. The molecule has 4 aliphatic rings. The third kappa shape index (κ3) is 4.60. The van der Waals surface area contributed by atoms with Gasteiger partial charge in [0.25, 0.3) is 5.91 Å². The van der Waals surface area contributed by atoms with Gasteiger partial charge in [-0.2, -0.15) is 0 Å². The van der Waals surface area contributed by atoms with Crippen molar-refractivity contribution in [2.24, 2.45) is 17.8 Å². The SMILES string of the molecule is CCCOc1ccc(C=O)c(OCC(=O)NC(=O)NC23CC4CC(CC(C4)C2)C3)c1. The van der Waals surface area contributed by atoms with Crippen LogP contribution in [0, 0.1) is 17.8 Å². The van der Waals surface area contributed by atoms with Gasteiger partial charge < -0.3 is 14.8 Å². The molecule has 0 atom stereocenters.